The van der Waals surface area contributed by atoms with E-state index < -0.39 is 0 Å². The predicted molar refractivity (Wildman–Crippen MR) is 102 cm³/mol. The Morgan fingerprint density at radius 1 is 0.852 bits per heavy atom. The molecule has 0 bridgehead atoms. The summed E-state index contributed by atoms with van der Waals surface area (Å²) in [6.07, 6.45) is 12.5. The number of unbranched alkanes of at least 4 members (excludes halogenated alkanes) is 1. The van der Waals surface area contributed by atoms with Crippen LogP contribution in [0.1, 0.15) is 19.8 Å². The molecular formula is C19H20N8. The smallest absolute Gasteiger partial charge is 0.241 e. The molecule has 1 aromatic carbocycles. The van der Waals surface area contributed by atoms with Gasteiger partial charge in [0.25, 0.3) is 0 Å². The molecule has 0 aliphatic carbocycles. The number of hydrogen-bond donors (Lipinski definition) is 0. The fourth-order valence-corrected chi connectivity index (χ4v) is 2.72. The van der Waals surface area contributed by atoms with E-state index in [1.807, 2.05) is 30.6 Å². The lowest BCUT2D eigenvalue weighted by Crippen LogP contribution is -2.23. The van der Waals surface area contributed by atoms with Crippen LogP contribution in [0.15, 0.2) is 67.8 Å². The van der Waals surface area contributed by atoms with E-state index in [1.54, 1.807) is 34.2 Å². The van der Waals surface area contributed by atoms with Crippen LogP contribution < -0.4 is 4.90 Å². The molecule has 0 fully saturated rings. The van der Waals surface area contributed by atoms with Crippen molar-refractivity contribution in [3.63, 3.8) is 0 Å². The van der Waals surface area contributed by atoms with Crippen LogP contribution in [-0.4, -0.2) is 40.6 Å². The highest BCUT2D eigenvalue weighted by atomic mass is 15.3. The predicted octanol–water partition coefficient (Wildman–Crippen LogP) is 3.18. The number of benzene rings is 1. The molecule has 0 aliphatic rings. The molecule has 0 atom stereocenters. The second kappa shape index (κ2) is 7.77. The van der Waals surface area contributed by atoms with Crippen molar-refractivity contribution in [3.05, 3.63) is 67.8 Å². The van der Waals surface area contributed by atoms with E-state index in [1.165, 1.54) is 0 Å². The van der Waals surface area contributed by atoms with Crippen molar-refractivity contribution in [3.8, 4) is 11.9 Å². The maximum Gasteiger partial charge on any atom is 0.241 e. The van der Waals surface area contributed by atoms with Crippen LogP contribution in [0.5, 0.6) is 0 Å². The number of rotatable bonds is 7. The molecule has 3 aromatic heterocycles. The Balaban J connectivity index is 1.84. The fraction of sp³-hybridized carbons (Fsp3) is 0.211. The molecule has 8 heteroatoms. The van der Waals surface area contributed by atoms with Gasteiger partial charge in [-0.3, -0.25) is 9.13 Å². The molecule has 27 heavy (non-hydrogen) atoms. The zero-order valence-corrected chi connectivity index (χ0v) is 15.0. The van der Waals surface area contributed by atoms with E-state index >= 15 is 0 Å². The summed E-state index contributed by atoms with van der Waals surface area (Å²) in [7, 11) is 0. The summed E-state index contributed by atoms with van der Waals surface area (Å²) in [6, 6.07) is 10.2. The van der Waals surface area contributed by atoms with Crippen LogP contribution in [-0.2, 0) is 0 Å². The zero-order chi connectivity index (χ0) is 18.5. The summed E-state index contributed by atoms with van der Waals surface area (Å²) < 4.78 is 3.54. The molecule has 136 valence electrons. The summed E-state index contributed by atoms with van der Waals surface area (Å²) in [6.45, 7) is 2.99. The minimum atomic E-state index is 0.513. The Morgan fingerprint density at radius 3 is 2.00 bits per heavy atom. The van der Waals surface area contributed by atoms with E-state index in [0.717, 1.165) is 25.1 Å². The highest BCUT2D eigenvalue weighted by Crippen LogP contribution is 2.23. The Hall–Kier alpha value is -3.55. The van der Waals surface area contributed by atoms with Crippen molar-refractivity contribution in [2.45, 2.75) is 19.8 Å². The quantitative estimate of drug-likeness (QED) is 0.504. The molecule has 0 spiro atoms. The molecule has 0 aliphatic heterocycles. The van der Waals surface area contributed by atoms with Crippen molar-refractivity contribution in [1.82, 2.24) is 34.1 Å². The van der Waals surface area contributed by atoms with Gasteiger partial charge in [0.15, 0.2) is 0 Å². The first kappa shape index (κ1) is 16.9. The van der Waals surface area contributed by atoms with E-state index in [-0.39, 0.29) is 0 Å². The van der Waals surface area contributed by atoms with Gasteiger partial charge in [0.1, 0.15) is 12.7 Å². The maximum absolute atomic E-state index is 4.71. The van der Waals surface area contributed by atoms with Crippen molar-refractivity contribution in [2.75, 3.05) is 11.4 Å². The average molecular weight is 360 g/mol. The van der Waals surface area contributed by atoms with Gasteiger partial charge in [-0.2, -0.15) is 15.0 Å². The van der Waals surface area contributed by atoms with Crippen LogP contribution in [0, 0.1) is 0 Å². The second-order valence-electron chi connectivity index (χ2n) is 6.02. The van der Waals surface area contributed by atoms with Crippen LogP contribution in [0.2, 0.25) is 0 Å². The summed E-state index contributed by atoms with van der Waals surface area (Å²) in [5.74, 6) is 1.62. The first-order valence-electron chi connectivity index (χ1n) is 8.90. The van der Waals surface area contributed by atoms with Gasteiger partial charge in [0.2, 0.25) is 17.8 Å². The van der Waals surface area contributed by atoms with Gasteiger partial charge in [0.05, 0.1) is 0 Å². The molecule has 3 heterocycles. The first-order valence-corrected chi connectivity index (χ1v) is 8.90. The topological polar surface area (TPSA) is 77.5 Å². The number of hydrogen-bond acceptors (Lipinski definition) is 6. The Kier molecular flexibility index (Phi) is 4.86. The van der Waals surface area contributed by atoms with Crippen LogP contribution in [0.3, 0.4) is 0 Å². The standard InChI is InChI=1S/C19H20N8/c1-2-3-11-27(16-7-5-4-6-8-16)19-23-17(25-12-9-20-14-25)22-18(24-19)26-13-10-21-15-26/h4-10,12-15H,2-3,11H2,1H3. The lowest BCUT2D eigenvalue weighted by molar-refractivity contribution is 0.754. The van der Waals surface area contributed by atoms with E-state index in [9.17, 15) is 0 Å². The molecule has 8 nitrogen and oxygen atoms in total. The van der Waals surface area contributed by atoms with Gasteiger partial charge < -0.3 is 4.90 Å². The average Bonchev–Trinajstić information content (AvgIpc) is 3.43. The van der Waals surface area contributed by atoms with E-state index in [2.05, 4.69) is 38.9 Å². The first-order chi connectivity index (χ1) is 13.3. The fourth-order valence-electron chi connectivity index (χ4n) is 2.72. The maximum atomic E-state index is 4.71. The molecule has 0 unspecified atom stereocenters. The Bertz CT molecular complexity index is 912. The van der Waals surface area contributed by atoms with Crippen LogP contribution in [0.25, 0.3) is 11.9 Å². The van der Waals surface area contributed by atoms with Gasteiger partial charge >= 0.3 is 0 Å². The third-order valence-electron chi connectivity index (χ3n) is 4.12. The molecule has 4 aromatic rings. The molecule has 0 N–H and O–H groups in total. The third kappa shape index (κ3) is 3.69. The number of aromatic nitrogens is 7. The molecule has 0 saturated carbocycles. The lowest BCUT2D eigenvalue weighted by atomic mass is 10.2. The number of para-hydroxylation sites is 1. The molecular weight excluding hydrogens is 340 g/mol. The van der Waals surface area contributed by atoms with Crippen LogP contribution >= 0.6 is 0 Å². The molecule has 0 amide bonds. The van der Waals surface area contributed by atoms with E-state index in [4.69, 9.17) is 9.97 Å². The number of anilines is 2. The van der Waals surface area contributed by atoms with Gasteiger partial charge in [-0.25, -0.2) is 9.97 Å². The summed E-state index contributed by atoms with van der Waals surface area (Å²) in [4.78, 5) is 24.3. The highest BCUT2D eigenvalue weighted by molar-refractivity contribution is 5.57. The minimum Gasteiger partial charge on any atom is -0.310 e. The second-order valence-corrected chi connectivity index (χ2v) is 6.02. The van der Waals surface area contributed by atoms with Gasteiger partial charge in [-0.05, 0) is 18.6 Å². The van der Waals surface area contributed by atoms with Crippen molar-refractivity contribution < 1.29 is 0 Å². The Morgan fingerprint density at radius 2 is 1.48 bits per heavy atom. The number of imidazole rings is 2. The van der Waals surface area contributed by atoms with Crippen molar-refractivity contribution in [1.29, 1.82) is 0 Å². The lowest BCUT2D eigenvalue weighted by Gasteiger charge is -2.23. The van der Waals surface area contributed by atoms with Gasteiger partial charge in [0, 0.05) is 37.0 Å². The molecule has 0 saturated heterocycles. The molecule has 0 radical (unpaired) electrons. The van der Waals surface area contributed by atoms with Gasteiger partial charge in [-0.15, -0.1) is 0 Å². The summed E-state index contributed by atoms with van der Waals surface area (Å²) >= 11 is 0. The molecule has 4 rings (SSSR count). The highest BCUT2D eigenvalue weighted by Gasteiger charge is 2.16. The summed E-state index contributed by atoms with van der Waals surface area (Å²) in [5, 5.41) is 0. The minimum absolute atomic E-state index is 0.513. The largest absolute Gasteiger partial charge is 0.310 e. The Labute approximate surface area is 157 Å². The van der Waals surface area contributed by atoms with Crippen molar-refractivity contribution >= 4 is 11.6 Å². The number of nitrogens with zero attached hydrogens (tertiary/aromatic N) is 8. The normalized spacial score (nSPS) is 10.9. The van der Waals surface area contributed by atoms with Gasteiger partial charge in [-0.1, -0.05) is 31.5 Å². The monoisotopic (exact) mass is 360 g/mol. The zero-order valence-electron chi connectivity index (χ0n) is 15.0. The van der Waals surface area contributed by atoms with Crippen LogP contribution in [0.4, 0.5) is 11.6 Å². The van der Waals surface area contributed by atoms with Crippen molar-refractivity contribution in [2.24, 2.45) is 0 Å². The van der Waals surface area contributed by atoms with E-state index in [0.29, 0.717) is 17.8 Å². The SMILES string of the molecule is CCCCN(c1ccccc1)c1nc(-n2ccnc2)nc(-n2ccnc2)n1. The third-order valence-corrected chi connectivity index (χ3v) is 4.12. The summed E-state index contributed by atoms with van der Waals surface area (Å²) in [5.41, 5.74) is 1.05.